The van der Waals surface area contributed by atoms with Crippen molar-refractivity contribution in [3.05, 3.63) is 30.6 Å². The summed E-state index contributed by atoms with van der Waals surface area (Å²) in [5.74, 6) is -2.17. The molecule has 2 amide bonds. The number of carboxylic acid groups (broad SMARTS) is 1. The fourth-order valence-electron chi connectivity index (χ4n) is 4.12. The lowest BCUT2D eigenvalue weighted by atomic mass is 10.1. The van der Waals surface area contributed by atoms with Crippen LogP contribution in [0.5, 0.6) is 0 Å². The minimum atomic E-state index is -1.20. The van der Waals surface area contributed by atoms with Gasteiger partial charge in [-0.1, -0.05) is 16.5 Å². The summed E-state index contributed by atoms with van der Waals surface area (Å²) in [4.78, 5) is 54.0. The normalized spacial score (nSPS) is 15.1. The molecular formula is C23H28N10O5. The van der Waals surface area contributed by atoms with Gasteiger partial charge in [0.15, 0.2) is 6.04 Å². The monoisotopic (exact) mass is 524 g/mol. The largest absolute Gasteiger partial charge is 0.480 e. The summed E-state index contributed by atoms with van der Waals surface area (Å²) >= 11 is 0. The summed E-state index contributed by atoms with van der Waals surface area (Å²) < 4.78 is 2.54. The van der Waals surface area contributed by atoms with Crippen LogP contribution in [0.1, 0.15) is 38.3 Å². The number of Topliss-reactive ketones (excluding diaryl/α,β-unsaturated/α-hetero) is 1. The Bertz CT molecular complexity index is 1330. The molecule has 0 aromatic carbocycles. The van der Waals surface area contributed by atoms with Crippen LogP contribution in [0, 0.1) is 0 Å². The van der Waals surface area contributed by atoms with Gasteiger partial charge in [-0.15, -0.1) is 10.2 Å². The van der Waals surface area contributed by atoms with E-state index in [1.54, 1.807) is 29.3 Å². The zero-order valence-corrected chi connectivity index (χ0v) is 20.7. The van der Waals surface area contributed by atoms with E-state index in [4.69, 9.17) is 5.73 Å². The molecule has 4 rings (SSSR count). The van der Waals surface area contributed by atoms with E-state index in [1.807, 2.05) is 0 Å². The molecular weight excluding hydrogens is 496 g/mol. The molecule has 1 aliphatic rings. The molecule has 1 aliphatic heterocycles. The van der Waals surface area contributed by atoms with Crippen molar-refractivity contribution < 1.29 is 24.3 Å². The first-order valence-corrected chi connectivity index (χ1v) is 12.0. The van der Waals surface area contributed by atoms with Crippen LogP contribution in [0.15, 0.2) is 30.6 Å². The average Bonchev–Trinajstić information content (AvgIpc) is 3.58. The van der Waals surface area contributed by atoms with Gasteiger partial charge in [0, 0.05) is 39.0 Å². The van der Waals surface area contributed by atoms with Crippen molar-refractivity contribution in [1.82, 2.24) is 45.2 Å². The molecule has 1 saturated heterocycles. The summed E-state index contributed by atoms with van der Waals surface area (Å²) in [6.07, 6.45) is 2.97. The van der Waals surface area contributed by atoms with Gasteiger partial charge in [0.05, 0.1) is 23.8 Å². The number of aliphatic carboxylic acids is 1. The Morgan fingerprint density at radius 3 is 2.08 bits per heavy atom. The number of pyridine rings is 1. The number of nitrogens with one attached hydrogen (secondary N) is 1. The van der Waals surface area contributed by atoms with Crippen molar-refractivity contribution >= 4 is 23.6 Å². The summed E-state index contributed by atoms with van der Waals surface area (Å²) in [6, 6.07) is 3.17. The summed E-state index contributed by atoms with van der Waals surface area (Å²) in [5, 5.41) is 28.9. The van der Waals surface area contributed by atoms with Gasteiger partial charge in [-0.3, -0.25) is 14.4 Å². The minimum Gasteiger partial charge on any atom is -0.480 e. The average molecular weight is 525 g/mol. The Hall–Kier alpha value is -4.53. The first-order valence-electron chi connectivity index (χ1n) is 12.0. The van der Waals surface area contributed by atoms with Crippen molar-refractivity contribution in [2.75, 3.05) is 26.2 Å². The van der Waals surface area contributed by atoms with Crippen molar-refractivity contribution in [2.45, 2.75) is 38.3 Å². The number of carboxylic acids is 1. The Balaban J connectivity index is 1.58. The van der Waals surface area contributed by atoms with E-state index >= 15 is 0 Å². The fraction of sp³-hybridized carbons (Fsp3) is 0.435. The number of nitrogens with zero attached hydrogens (tertiary/aromatic N) is 8. The highest BCUT2D eigenvalue weighted by Gasteiger charge is 2.29. The number of carbonyl (C=O) groups excluding carboxylic acids is 3. The molecule has 1 fully saturated rings. The Kier molecular flexibility index (Phi) is 8.15. The Morgan fingerprint density at radius 2 is 1.55 bits per heavy atom. The zero-order chi connectivity index (χ0) is 27.2. The third-order valence-corrected chi connectivity index (χ3v) is 6.08. The van der Waals surface area contributed by atoms with E-state index in [-0.39, 0.29) is 31.0 Å². The predicted molar refractivity (Wildman–Crippen MR) is 131 cm³/mol. The molecule has 200 valence electrons. The molecule has 0 aliphatic carbocycles. The molecule has 15 nitrogen and oxygen atoms in total. The number of piperazine rings is 1. The van der Waals surface area contributed by atoms with Gasteiger partial charge in [-0.05, 0) is 25.5 Å². The van der Waals surface area contributed by atoms with E-state index in [0.717, 1.165) is 4.68 Å². The molecule has 38 heavy (non-hydrogen) atoms. The maximum atomic E-state index is 13.2. The van der Waals surface area contributed by atoms with Crippen LogP contribution in [0.3, 0.4) is 0 Å². The summed E-state index contributed by atoms with van der Waals surface area (Å²) in [6.45, 7) is 3.77. The first kappa shape index (κ1) is 26.5. The van der Waals surface area contributed by atoms with Gasteiger partial charge >= 0.3 is 5.97 Å². The number of ketones is 1. The highest BCUT2D eigenvalue weighted by Crippen LogP contribution is 2.23. The molecule has 2 atom stereocenters. The van der Waals surface area contributed by atoms with Crippen LogP contribution in [-0.4, -0.2) is 94.7 Å². The number of aromatic nitrogens is 7. The van der Waals surface area contributed by atoms with Gasteiger partial charge in [0.1, 0.15) is 23.2 Å². The highest BCUT2D eigenvalue weighted by molar-refractivity contribution is 5.83. The second-order valence-electron chi connectivity index (χ2n) is 8.93. The Labute approximate surface area is 217 Å². The number of primary amides is 1. The number of carbonyl (C=O) groups is 4. The molecule has 15 heteroatoms. The molecule has 3 aromatic heterocycles. The second-order valence-corrected chi connectivity index (χ2v) is 8.93. The number of hydrogen-bond donors (Lipinski definition) is 3. The molecule has 0 bridgehead atoms. The van der Waals surface area contributed by atoms with Crippen molar-refractivity contribution in [2.24, 2.45) is 5.73 Å². The van der Waals surface area contributed by atoms with Gasteiger partial charge in [-0.25, -0.2) is 19.1 Å². The SMILES string of the molecule is CC(=O)C[C@@H](C(=O)O)n1cc(-c2cccc(-c3cn([C@@H](CCC(N)=O)C(=O)N4CCNCC4)nn3)n2)nn1. The van der Waals surface area contributed by atoms with Crippen LogP contribution in [0.2, 0.25) is 0 Å². The smallest absolute Gasteiger partial charge is 0.329 e. The molecule has 0 spiro atoms. The molecule has 0 saturated carbocycles. The van der Waals surface area contributed by atoms with Gasteiger partial charge in [0.2, 0.25) is 11.8 Å². The van der Waals surface area contributed by atoms with Gasteiger partial charge in [-0.2, -0.15) is 0 Å². The fourth-order valence-corrected chi connectivity index (χ4v) is 4.12. The molecule has 4 heterocycles. The van der Waals surface area contributed by atoms with Crippen molar-refractivity contribution in [1.29, 1.82) is 0 Å². The summed E-state index contributed by atoms with van der Waals surface area (Å²) in [5.41, 5.74) is 6.86. The minimum absolute atomic E-state index is 0.0159. The standard InChI is InChI=1S/C23H28N10O5/c1-14(34)11-20(23(37)38)33-13-18(28-30-33)16-4-2-3-15(26-16)17-12-32(29-27-17)19(5-6-21(24)35)22(36)31-9-7-25-8-10-31/h2-4,12-13,19-20,25H,5-11H2,1H3,(H2,24,35)(H,37,38)/t19-,20-/m0/s1. The van der Waals surface area contributed by atoms with Crippen LogP contribution in [0.25, 0.3) is 22.8 Å². The van der Waals surface area contributed by atoms with E-state index < -0.39 is 24.0 Å². The van der Waals surface area contributed by atoms with E-state index in [0.29, 0.717) is 49.0 Å². The third kappa shape index (κ3) is 6.23. The van der Waals surface area contributed by atoms with Crippen LogP contribution in [-0.2, 0) is 19.2 Å². The van der Waals surface area contributed by atoms with E-state index in [9.17, 15) is 24.3 Å². The van der Waals surface area contributed by atoms with Crippen LogP contribution >= 0.6 is 0 Å². The lowest BCUT2D eigenvalue weighted by Crippen LogP contribution is -2.49. The lowest BCUT2D eigenvalue weighted by Gasteiger charge is -2.30. The lowest BCUT2D eigenvalue weighted by molar-refractivity contribution is -0.143. The summed E-state index contributed by atoms with van der Waals surface area (Å²) in [7, 11) is 0. The quantitative estimate of drug-likeness (QED) is 0.290. The molecule has 3 aromatic rings. The van der Waals surface area contributed by atoms with Crippen molar-refractivity contribution in [3.63, 3.8) is 0 Å². The van der Waals surface area contributed by atoms with Gasteiger partial charge < -0.3 is 21.1 Å². The van der Waals surface area contributed by atoms with Crippen molar-refractivity contribution in [3.8, 4) is 22.8 Å². The third-order valence-electron chi connectivity index (χ3n) is 6.08. The molecule has 0 unspecified atom stereocenters. The van der Waals surface area contributed by atoms with E-state index in [2.05, 4.69) is 30.9 Å². The number of nitrogens with two attached hydrogens (primary N) is 1. The second kappa shape index (κ2) is 11.7. The molecule has 0 radical (unpaired) electrons. The topological polar surface area (TPSA) is 204 Å². The Morgan fingerprint density at radius 1 is 0.974 bits per heavy atom. The van der Waals surface area contributed by atoms with Gasteiger partial charge in [0.25, 0.3) is 0 Å². The van der Waals surface area contributed by atoms with Crippen LogP contribution in [0.4, 0.5) is 0 Å². The maximum absolute atomic E-state index is 13.2. The maximum Gasteiger partial charge on any atom is 0.329 e. The van der Waals surface area contributed by atoms with E-state index in [1.165, 1.54) is 17.8 Å². The first-order chi connectivity index (χ1) is 18.2. The molecule has 4 N–H and O–H groups in total. The number of rotatable bonds is 11. The number of amides is 2. The number of hydrogen-bond acceptors (Lipinski definition) is 10. The highest BCUT2D eigenvalue weighted by atomic mass is 16.4. The predicted octanol–water partition coefficient (Wildman–Crippen LogP) is -0.558. The van der Waals surface area contributed by atoms with Crippen LogP contribution < -0.4 is 11.1 Å². The zero-order valence-electron chi connectivity index (χ0n) is 20.7.